The Hall–Kier alpha value is -0.160. The molecule has 1 aliphatic heterocycles. The normalized spacial score (nSPS) is 35.3. The smallest absolute Gasteiger partial charge is 0.0852 e. The Kier molecular flexibility index (Phi) is 2.41. The first-order chi connectivity index (χ1) is 4.34. The van der Waals surface area contributed by atoms with Crippen molar-refractivity contribution < 1.29 is 9.94 Å². The van der Waals surface area contributed by atoms with Gasteiger partial charge in [0.1, 0.15) is 0 Å². The van der Waals surface area contributed by atoms with E-state index in [0.29, 0.717) is 6.54 Å². The van der Waals surface area contributed by atoms with Gasteiger partial charge in [-0.05, 0) is 0 Å². The minimum absolute atomic E-state index is 0.0509. The lowest BCUT2D eigenvalue weighted by molar-refractivity contribution is 0.0260. The maximum Gasteiger partial charge on any atom is 0.0852 e. The topological polar surface area (TPSA) is 53.5 Å². The molecule has 1 aliphatic rings. The first-order valence-corrected chi connectivity index (χ1v) is 3.02. The maximum absolute atomic E-state index is 9.12. The summed E-state index contributed by atoms with van der Waals surface area (Å²) >= 11 is 0. The van der Waals surface area contributed by atoms with Crippen LogP contribution in [0, 0.1) is 0 Å². The van der Waals surface area contributed by atoms with Crippen molar-refractivity contribution in [2.45, 2.75) is 12.1 Å². The second-order valence-corrected chi connectivity index (χ2v) is 2.15. The van der Waals surface area contributed by atoms with Gasteiger partial charge in [0.15, 0.2) is 0 Å². The molecule has 0 radical (unpaired) electrons. The summed E-state index contributed by atoms with van der Waals surface area (Å²) in [7, 11) is 1.55. The van der Waals surface area contributed by atoms with Crippen molar-refractivity contribution >= 4 is 0 Å². The minimum atomic E-state index is -0.315. The number of hydrogen-bond acceptors (Lipinski definition) is 4. The molecule has 0 bridgehead atoms. The van der Waals surface area contributed by atoms with E-state index in [0.717, 1.165) is 6.54 Å². The number of nitrogens with one attached hydrogen (secondary N) is 2. The summed E-state index contributed by atoms with van der Waals surface area (Å²) in [6, 6.07) is 0.0509. The van der Waals surface area contributed by atoms with Crippen molar-refractivity contribution in [2.75, 3.05) is 20.2 Å². The minimum Gasteiger partial charge on any atom is -0.390 e. The zero-order chi connectivity index (χ0) is 6.69. The summed E-state index contributed by atoms with van der Waals surface area (Å²) in [5.74, 6) is 0. The standard InChI is InChI=1S/C5H12N2O2/c1-9-7-4-2-6-3-5(4)8/h4-8H,2-3H2,1H3. The van der Waals surface area contributed by atoms with Crippen LogP contribution in [0.3, 0.4) is 0 Å². The molecule has 0 aliphatic carbocycles. The lowest BCUT2D eigenvalue weighted by Gasteiger charge is -2.12. The molecule has 1 fully saturated rings. The molecule has 0 aromatic carbocycles. The first kappa shape index (κ1) is 6.95. The average molecular weight is 132 g/mol. The van der Waals surface area contributed by atoms with Gasteiger partial charge in [-0.2, -0.15) is 5.48 Å². The molecule has 0 amide bonds. The van der Waals surface area contributed by atoms with Crippen LogP contribution in [0.4, 0.5) is 0 Å². The molecule has 54 valence electrons. The summed E-state index contributed by atoms with van der Waals surface area (Å²) in [5, 5.41) is 12.1. The van der Waals surface area contributed by atoms with E-state index < -0.39 is 0 Å². The number of hydrogen-bond donors (Lipinski definition) is 3. The fourth-order valence-corrected chi connectivity index (χ4v) is 0.937. The van der Waals surface area contributed by atoms with Crippen LogP contribution in [0.5, 0.6) is 0 Å². The van der Waals surface area contributed by atoms with Gasteiger partial charge >= 0.3 is 0 Å². The Labute approximate surface area is 54.2 Å². The zero-order valence-corrected chi connectivity index (χ0v) is 5.42. The Bertz CT molecular complexity index is 89.0. The van der Waals surface area contributed by atoms with Gasteiger partial charge in [-0.3, -0.25) is 0 Å². The van der Waals surface area contributed by atoms with Crippen molar-refractivity contribution in [3.63, 3.8) is 0 Å². The van der Waals surface area contributed by atoms with E-state index in [9.17, 15) is 0 Å². The molecular weight excluding hydrogens is 120 g/mol. The SMILES string of the molecule is CONC1CNCC1O. The quantitative estimate of drug-likeness (QED) is 0.399. The molecule has 0 spiro atoms. The predicted molar refractivity (Wildman–Crippen MR) is 32.8 cm³/mol. The van der Waals surface area contributed by atoms with E-state index in [1.807, 2.05) is 0 Å². The van der Waals surface area contributed by atoms with Gasteiger partial charge in [0, 0.05) is 13.1 Å². The van der Waals surface area contributed by atoms with E-state index in [2.05, 4.69) is 15.6 Å². The lowest BCUT2D eigenvalue weighted by atomic mass is 10.2. The number of rotatable bonds is 2. The third-order valence-corrected chi connectivity index (χ3v) is 1.45. The largest absolute Gasteiger partial charge is 0.390 e. The third kappa shape index (κ3) is 1.62. The van der Waals surface area contributed by atoms with Gasteiger partial charge in [0.2, 0.25) is 0 Å². The summed E-state index contributed by atoms with van der Waals surface area (Å²) in [6.07, 6.45) is -0.315. The predicted octanol–water partition coefficient (Wildman–Crippen LogP) is -1.53. The van der Waals surface area contributed by atoms with Crippen molar-refractivity contribution in [3.05, 3.63) is 0 Å². The maximum atomic E-state index is 9.12. The van der Waals surface area contributed by atoms with Gasteiger partial charge in [0.05, 0.1) is 19.3 Å². The summed E-state index contributed by atoms with van der Waals surface area (Å²) in [6.45, 7) is 1.43. The second-order valence-electron chi connectivity index (χ2n) is 2.15. The summed E-state index contributed by atoms with van der Waals surface area (Å²) < 4.78 is 0. The number of aliphatic hydroxyl groups is 1. The molecule has 1 rings (SSSR count). The fraction of sp³-hybridized carbons (Fsp3) is 1.00. The van der Waals surface area contributed by atoms with E-state index in [1.165, 1.54) is 0 Å². The van der Waals surface area contributed by atoms with E-state index >= 15 is 0 Å². The van der Waals surface area contributed by atoms with Crippen LogP contribution in [0.2, 0.25) is 0 Å². The molecule has 4 heteroatoms. The van der Waals surface area contributed by atoms with Gasteiger partial charge in [0.25, 0.3) is 0 Å². The molecule has 4 nitrogen and oxygen atoms in total. The van der Waals surface area contributed by atoms with Crippen LogP contribution in [0.15, 0.2) is 0 Å². The van der Waals surface area contributed by atoms with Crippen molar-refractivity contribution in [3.8, 4) is 0 Å². The molecule has 3 N–H and O–H groups in total. The molecule has 2 atom stereocenters. The van der Waals surface area contributed by atoms with Gasteiger partial charge in [-0.25, -0.2) is 0 Å². The Balaban J connectivity index is 2.22. The highest BCUT2D eigenvalue weighted by Gasteiger charge is 2.23. The molecule has 0 aromatic heterocycles. The summed E-state index contributed by atoms with van der Waals surface area (Å²) in [5.41, 5.74) is 2.68. The average Bonchev–Trinajstić information content (AvgIpc) is 2.18. The summed E-state index contributed by atoms with van der Waals surface area (Å²) in [4.78, 5) is 4.65. The molecule has 2 unspecified atom stereocenters. The van der Waals surface area contributed by atoms with Crippen LogP contribution in [0.25, 0.3) is 0 Å². The molecule has 1 heterocycles. The van der Waals surface area contributed by atoms with Crippen LogP contribution >= 0.6 is 0 Å². The highest BCUT2D eigenvalue weighted by Crippen LogP contribution is 1.97. The van der Waals surface area contributed by atoms with Crippen molar-refractivity contribution in [1.29, 1.82) is 0 Å². The first-order valence-electron chi connectivity index (χ1n) is 3.02. The van der Waals surface area contributed by atoms with Crippen LogP contribution < -0.4 is 10.8 Å². The lowest BCUT2D eigenvalue weighted by Crippen LogP contribution is -2.38. The molecule has 0 aromatic rings. The molecule has 1 saturated heterocycles. The Morgan fingerprint density at radius 1 is 1.67 bits per heavy atom. The van der Waals surface area contributed by atoms with Crippen LogP contribution in [0.1, 0.15) is 0 Å². The highest BCUT2D eigenvalue weighted by atomic mass is 16.6. The van der Waals surface area contributed by atoms with Gasteiger partial charge < -0.3 is 15.3 Å². The van der Waals surface area contributed by atoms with E-state index in [-0.39, 0.29) is 12.1 Å². The number of aliphatic hydroxyl groups excluding tert-OH is 1. The van der Waals surface area contributed by atoms with Crippen LogP contribution in [-0.2, 0) is 4.84 Å². The Morgan fingerprint density at radius 2 is 2.44 bits per heavy atom. The van der Waals surface area contributed by atoms with Gasteiger partial charge in [-0.1, -0.05) is 0 Å². The highest BCUT2D eigenvalue weighted by molar-refractivity contribution is 4.83. The molecule has 0 saturated carbocycles. The Morgan fingerprint density at radius 3 is 2.89 bits per heavy atom. The van der Waals surface area contributed by atoms with Crippen LogP contribution in [-0.4, -0.2) is 37.5 Å². The fourth-order valence-electron chi connectivity index (χ4n) is 0.937. The van der Waals surface area contributed by atoms with E-state index in [4.69, 9.17) is 5.11 Å². The zero-order valence-electron chi connectivity index (χ0n) is 5.42. The van der Waals surface area contributed by atoms with Crippen molar-refractivity contribution in [1.82, 2.24) is 10.8 Å². The molecular formula is C5H12N2O2. The number of hydroxylamine groups is 1. The number of β-amino-alcohol motifs (C(OH)–C–C–N with tert-alkyl or cyclic N) is 1. The third-order valence-electron chi connectivity index (χ3n) is 1.45. The van der Waals surface area contributed by atoms with Gasteiger partial charge in [-0.15, -0.1) is 0 Å². The van der Waals surface area contributed by atoms with E-state index in [1.54, 1.807) is 7.11 Å². The van der Waals surface area contributed by atoms with Crippen molar-refractivity contribution in [2.24, 2.45) is 0 Å². The molecule has 9 heavy (non-hydrogen) atoms. The monoisotopic (exact) mass is 132 g/mol. The second kappa shape index (κ2) is 3.12.